The maximum Gasteiger partial charge on any atom is 0.0540 e. The average Bonchev–Trinajstić information content (AvgIpc) is 2.19. The zero-order valence-corrected chi connectivity index (χ0v) is 10.4. The Bertz CT molecular complexity index is 124. The second-order valence-electron chi connectivity index (χ2n) is 4.64. The average molecular weight is 216 g/mol. The first-order valence-electron chi connectivity index (χ1n) is 6.53. The number of aliphatic hydroxyl groups is 2. The predicted molar refractivity (Wildman–Crippen MR) is 64.9 cm³/mol. The molecule has 0 saturated carbocycles. The number of rotatable bonds is 10. The molecular formula is C13H28O2. The second-order valence-corrected chi connectivity index (χ2v) is 4.64. The molecule has 0 amide bonds. The molecule has 0 fully saturated rings. The van der Waals surface area contributed by atoms with Crippen molar-refractivity contribution in [3.05, 3.63) is 0 Å². The van der Waals surface area contributed by atoms with E-state index in [0.29, 0.717) is 0 Å². The van der Waals surface area contributed by atoms with Gasteiger partial charge in [-0.1, -0.05) is 45.4 Å². The van der Waals surface area contributed by atoms with E-state index in [2.05, 4.69) is 6.92 Å². The third-order valence-corrected chi connectivity index (χ3v) is 2.80. The summed E-state index contributed by atoms with van der Waals surface area (Å²) in [6, 6.07) is 0. The number of unbranched alkanes of at least 4 members (excludes halogenated alkanes) is 4. The minimum absolute atomic E-state index is 0.115. The summed E-state index contributed by atoms with van der Waals surface area (Å²) in [5, 5.41) is 18.7. The van der Waals surface area contributed by atoms with Crippen LogP contribution in [0.5, 0.6) is 0 Å². The van der Waals surface area contributed by atoms with Crippen molar-refractivity contribution in [1.29, 1.82) is 0 Å². The molecule has 2 atom stereocenters. The molecule has 0 aromatic rings. The quantitative estimate of drug-likeness (QED) is 0.550. The molecule has 2 nitrogen and oxygen atoms in total. The van der Waals surface area contributed by atoms with E-state index in [1.807, 2.05) is 6.92 Å². The van der Waals surface area contributed by atoms with E-state index < -0.39 is 0 Å². The van der Waals surface area contributed by atoms with Crippen molar-refractivity contribution in [1.82, 2.24) is 0 Å². The lowest BCUT2D eigenvalue weighted by atomic mass is 10.0. The smallest absolute Gasteiger partial charge is 0.0540 e. The molecule has 2 N–H and O–H groups in total. The van der Waals surface area contributed by atoms with Crippen LogP contribution in [-0.2, 0) is 0 Å². The Morgan fingerprint density at radius 3 is 1.87 bits per heavy atom. The summed E-state index contributed by atoms with van der Waals surface area (Å²) >= 11 is 0. The van der Waals surface area contributed by atoms with Crippen molar-refractivity contribution in [3.8, 4) is 0 Å². The Balaban J connectivity index is 3.15. The van der Waals surface area contributed by atoms with Crippen LogP contribution in [0, 0.1) is 0 Å². The van der Waals surface area contributed by atoms with Crippen LogP contribution >= 0.6 is 0 Å². The minimum atomic E-state index is -0.188. The molecule has 0 radical (unpaired) electrons. The van der Waals surface area contributed by atoms with Gasteiger partial charge < -0.3 is 10.2 Å². The normalized spacial score (nSPS) is 15.2. The standard InChI is InChI=1S/C13H28O2/c1-3-4-5-6-10-13(15)11-8-7-9-12(2)14/h12-15H,3-11H2,1-2H3. The lowest BCUT2D eigenvalue weighted by Crippen LogP contribution is -2.07. The van der Waals surface area contributed by atoms with Crippen LogP contribution in [-0.4, -0.2) is 22.4 Å². The maximum atomic E-state index is 9.65. The highest BCUT2D eigenvalue weighted by Gasteiger charge is 2.04. The van der Waals surface area contributed by atoms with Crippen molar-refractivity contribution in [2.45, 2.75) is 83.8 Å². The lowest BCUT2D eigenvalue weighted by Gasteiger charge is -2.10. The minimum Gasteiger partial charge on any atom is -0.393 e. The molecule has 15 heavy (non-hydrogen) atoms. The van der Waals surface area contributed by atoms with Gasteiger partial charge in [0.2, 0.25) is 0 Å². The van der Waals surface area contributed by atoms with Crippen LogP contribution in [0.25, 0.3) is 0 Å². The van der Waals surface area contributed by atoms with Gasteiger partial charge in [0, 0.05) is 0 Å². The van der Waals surface area contributed by atoms with Gasteiger partial charge in [0.05, 0.1) is 12.2 Å². The highest BCUT2D eigenvalue weighted by Crippen LogP contribution is 2.12. The van der Waals surface area contributed by atoms with Crippen molar-refractivity contribution in [2.24, 2.45) is 0 Å². The van der Waals surface area contributed by atoms with Gasteiger partial charge in [0.15, 0.2) is 0 Å². The summed E-state index contributed by atoms with van der Waals surface area (Å²) in [7, 11) is 0. The number of hydrogen-bond donors (Lipinski definition) is 2. The van der Waals surface area contributed by atoms with Crippen LogP contribution in [0.3, 0.4) is 0 Å². The van der Waals surface area contributed by atoms with Gasteiger partial charge in [0.25, 0.3) is 0 Å². The van der Waals surface area contributed by atoms with Gasteiger partial charge in [-0.15, -0.1) is 0 Å². The van der Waals surface area contributed by atoms with Crippen LogP contribution in [0.1, 0.15) is 71.6 Å². The molecule has 0 saturated heterocycles. The van der Waals surface area contributed by atoms with Crippen molar-refractivity contribution < 1.29 is 10.2 Å². The molecule has 0 bridgehead atoms. The van der Waals surface area contributed by atoms with Crippen molar-refractivity contribution >= 4 is 0 Å². The number of aliphatic hydroxyl groups excluding tert-OH is 2. The highest BCUT2D eigenvalue weighted by molar-refractivity contribution is 4.57. The molecule has 0 aromatic carbocycles. The summed E-state index contributed by atoms with van der Waals surface area (Å²) in [6.45, 7) is 4.02. The lowest BCUT2D eigenvalue weighted by molar-refractivity contribution is 0.141. The van der Waals surface area contributed by atoms with E-state index in [-0.39, 0.29) is 12.2 Å². The Hall–Kier alpha value is -0.0800. The van der Waals surface area contributed by atoms with Gasteiger partial charge in [-0.05, 0) is 26.2 Å². The van der Waals surface area contributed by atoms with E-state index in [1.54, 1.807) is 0 Å². The predicted octanol–water partition coefficient (Wildman–Crippen LogP) is 3.26. The molecular weight excluding hydrogens is 188 g/mol. The molecule has 2 unspecified atom stereocenters. The Labute approximate surface area is 94.7 Å². The van der Waals surface area contributed by atoms with E-state index in [1.165, 1.54) is 19.3 Å². The van der Waals surface area contributed by atoms with E-state index in [0.717, 1.165) is 38.5 Å². The van der Waals surface area contributed by atoms with Crippen LogP contribution in [0.2, 0.25) is 0 Å². The summed E-state index contributed by atoms with van der Waals surface area (Å²) in [4.78, 5) is 0. The SMILES string of the molecule is CCCCCCC(O)CCCCC(C)O. The van der Waals surface area contributed by atoms with Gasteiger partial charge in [0.1, 0.15) is 0 Å². The zero-order chi connectivity index (χ0) is 11.5. The molecule has 0 heterocycles. The summed E-state index contributed by atoms with van der Waals surface area (Å²) in [6.07, 6.45) is 9.44. The molecule has 2 heteroatoms. The molecule has 0 aliphatic carbocycles. The van der Waals surface area contributed by atoms with E-state index in [4.69, 9.17) is 5.11 Å². The fraction of sp³-hybridized carbons (Fsp3) is 1.00. The third-order valence-electron chi connectivity index (χ3n) is 2.80. The summed E-state index contributed by atoms with van der Waals surface area (Å²) < 4.78 is 0. The van der Waals surface area contributed by atoms with Crippen LogP contribution in [0.4, 0.5) is 0 Å². The van der Waals surface area contributed by atoms with E-state index >= 15 is 0 Å². The fourth-order valence-corrected chi connectivity index (χ4v) is 1.77. The summed E-state index contributed by atoms with van der Waals surface area (Å²) in [5.74, 6) is 0. The van der Waals surface area contributed by atoms with Crippen molar-refractivity contribution in [3.63, 3.8) is 0 Å². The monoisotopic (exact) mass is 216 g/mol. The highest BCUT2D eigenvalue weighted by atomic mass is 16.3. The molecule has 0 spiro atoms. The Morgan fingerprint density at radius 1 is 0.800 bits per heavy atom. The van der Waals surface area contributed by atoms with Gasteiger partial charge >= 0.3 is 0 Å². The van der Waals surface area contributed by atoms with Crippen molar-refractivity contribution in [2.75, 3.05) is 0 Å². The molecule has 0 aliphatic rings. The molecule has 92 valence electrons. The van der Waals surface area contributed by atoms with Gasteiger partial charge in [-0.3, -0.25) is 0 Å². The second kappa shape index (κ2) is 10.4. The summed E-state index contributed by atoms with van der Waals surface area (Å²) in [5.41, 5.74) is 0. The third kappa shape index (κ3) is 11.8. The first-order chi connectivity index (χ1) is 7.16. The number of hydrogen-bond acceptors (Lipinski definition) is 2. The molecule has 0 aliphatic heterocycles. The first-order valence-corrected chi connectivity index (χ1v) is 6.53. The van der Waals surface area contributed by atoms with Crippen LogP contribution < -0.4 is 0 Å². The van der Waals surface area contributed by atoms with Gasteiger partial charge in [-0.25, -0.2) is 0 Å². The Kier molecular flexibility index (Phi) is 10.4. The topological polar surface area (TPSA) is 40.5 Å². The maximum absolute atomic E-state index is 9.65. The molecule has 0 rings (SSSR count). The fourth-order valence-electron chi connectivity index (χ4n) is 1.77. The zero-order valence-electron chi connectivity index (χ0n) is 10.4. The van der Waals surface area contributed by atoms with E-state index in [9.17, 15) is 5.11 Å². The largest absolute Gasteiger partial charge is 0.393 e. The van der Waals surface area contributed by atoms with Gasteiger partial charge in [-0.2, -0.15) is 0 Å². The first kappa shape index (κ1) is 14.9. The van der Waals surface area contributed by atoms with Crippen LogP contribution in [0.15, 0.2) is 0 Å². The molecule has 0 aromatic heterocycles. The Morgan fingerprint density at radius 2 is 1.33 bits per heavy atom.